The third-order valence-electron chi connectivity index (χ3n) is 6.21. The van der Waals surface area contributed by atoms with Crippen LogP contribution in [-0.2, 0) is 0 Å². The van der Waals surface area contributed by atoms with Crippen LogP contribution in [0.2, 0.25) is 0 Å². The molecule has 3 fully saturated rings. The van der Waals surface area contributed by atoms with E-state index in [0.717, 1.165) is 36.1 Å². The second-order valence-electron chi connectivity index (χ2n) is 7.28. The Kier molecular flexibility index (Phi) is 4.28. The summed E-state index contributed by atoms with van der Waals surface area (Å²) in [5, 5.41) is 3.64. The van der Waals surface area contributed by atoms with E-state index in [9.17, 15) is 0 Å². The predicted octanol–water partition coefficient (Wildman–Crippen LogP) is 4.23. The van der Waals surface area contributed by atoms with Crippen molar-refractivity contribution in [3.63, 3.8) is 0 Å². The summed E-state index contributed by atoms with van der Waals surface area (Å²) in [6.07, 6.45) is 13.9. The first-order valence-electron chi connectivity index (χ1n) is 8.57. The average molecular weight is 249 g/mol. The molecule has 3 saturated carbocycles. The van der Waals surface area contributed by atoms with E-state index in [0.29, 0.717) is 0 Å². The SMILES string of the molecule is CCNCC(CC1CC2CCC1C2)C1CCCC1. The highest BCUT2D eigenvalue weighted by Crippen LogP contribution is 2.51. The third-order valence-corrected chi connectivity index (χ3v) is 6.21. The summed E-state index contributed by atoms with van der Waals surface area (Å²) < 4.78 is 0. The first kappa shape index (κ1) is 13.0. The molecule has 0 aromatic carbocycles. The van der Waals surface area contributed by atoms with E-state index >= 15 is 0 Å². The van der Waals surface area contributed by atoms with Crippen molar-refractivity contribution in [1.82, 2.24) is 5.32 Å². The van der Waals surface area contributed by atoms with Gasteiger partial charge >= 0.3 is 0 Å². The smallest absolute Gasteiger partial charge is 0.00179 e. The maximum atomic E-state index is 3.64. The van der Waals surface area contributed by atoms with Gasteiger partial charge in [-0.1, -0.05) is 39.0 Å². The largest absolute Gasteiger partial charge is 0.317 e. The molecule has 0 aromatic rings. The monoisotopic (exact) mass is 249 g/mol. The molecule has 0 saturated heterocycles. The molecule has 0 radical (unpaired) electrons. The van der Waals surface area contributed by atoms with E-state index in [4.69, 9.17) is 0 Å². The zero-order valence-electron chi connectivity index (χ0n) is 12.2. The van der Waals surface area contributed by atoms with Gasteiger partial charge in [0.05, 0.1) is 0 Å². The number of rotatable bonds is 6. The van der Waals surface area contributed by atoms with Gasteiger partial charge in [0, 0.05) is 0 Å². The molecule has 3 rings (SSSR count). The Bertz CT molecular complexity index is 256. The summed E-state index contributed by atoms with van der Waals surface area (Å²) in [6, 6.07) is 0. The van der Waals surface area contributed by atoms with Crippen molar-refractivity contribution in [2.45, 2.75) is 64.7 Å². The van der Waals surface area contributed by atoms with Crippen molar-refractivity contribution in [1.29, 1.82) is 0 Å². The highest BCUT2D eigenvalue weighted by Gasteiger charge is 2.41. The molecule has 4 unspecified atom stereocenters. The first-order chi connectivity index (χ1) is 8.86. The Morgan fingerprint density at radius 2 is 1.89 bits per heavy atom. The molecule has 3 aliphatic carbocycles. The van der Waals surface area contributed by atoms with Crippen molar-refractivity contribution in [3.05, 3.63) is 0 Å². The average Bonchev–Trinajstić information content (AvgIpc) is 3.09. The van der Waals surface area contributed by atoms with Crippen molar-refractivity contribution in [2.24, 2.45) is 29.6 Å². The van der Waals surface area contributed by atoms with E-state index in [-0.39, 0.29) is 0 Å². The highest BCUT2D eigenvalue weighted by molar-refractivity contribution is 4.92. The fourth-order valence-corrected chi connectivity index (χ4v) is 5.25. The fourth-order valence-electron chi connectivity index (χ4n) is 5.25. The van der Waals surface area contributed by atoms with E-state index in [1.807, 2.05) is 0 Å². The Balaban J connectivity index is 1.54. The third kappa shape index (κ3) is 2.76. The van der Waals surface area contributed by atoms with Crippen LogP contribution in [0.4, 0.5) is 0 Å². The Morgan fingerprint density at radius 3 is 2.50 bits per heavy atom. The number of fused-ring (bicyclic) bond motifs is 2. The van der Waals surface area contributed by atoms with Gasteiger partial charge in [-0.2, -0.15) is 0 Å². The summed E-state index contributed by atoms with van der Waals surface area (Å²) in [6.45, 7) is 4.71. The number of nitrogens with one attached hydrogen (secondary N) is 1. The van der Waals surface area contributed by atoms with Gasteiger partial charge in [0.15, 0.2) is 0 Å². The Hall–Kier alpha value is -0.0400. The topological polar surface area (TPSA) is 12.0 Å². The molecular formula is C17H31N. The maximum absolute atomic E-state index is 3.64. The molecular weight excluding hydrogens is 218 g/mol. The predicted molar refractivity (Wildman–Crippen MR) is 77.5 cm³/mol. The fraction of sp³-hybridized carbons (Fsp3) is 1.00. The lowest BCUT2D eigenvalue weighted by Crippen LogP contribution is -2.30. The molecule has 2 bridgehead atoms. The molecule has 1 nitrogen and oxygen atoms in total. The molecule has 0 aliphatic heterocycles. The minimum atomic E-state index is 0.997. The summed E-state index contributed by atoms with van der Waals surface area (Å²) in [7, 11) is 0. The van der Waals surface area contributed by atoms with Gasteiger partial charge in [-0.05, 0) is 68.4 Å². The molecule has 0 spiro atoms. The van der Waals surface area contributed by atoms with Crippen molar-refractivity contribution >= 4 is 0 Å². The first-order valence-corrected chi connectivity index (χ1v) is 8.57. The molecule has 0 heterocycles. The van der Waals surface area contributed by atoms with Crippen LogP contribution in [0.1, 0.15) is 64.7 Å². The molecule has 104 valence electrons. The zero-order chi connectivity index (χ0) is 12.4. The van der Waals surface area contributed by atoms with E-state index in [1.54, 1.807) is 32.1 Å². The summed E-state index contributed by atoms with van der Waals surface area (Å²) >= 11 is 0. The lowest BCUT2D eigenvalue weighted by molar-refractivity contribution is 0.213. The van der Waals surface area contributed by atoms with Crippen molar-refractivity contribution < 1.29 is 0 Å². The molecule has 1 heteroatoms. The summed E-state index contributed by atoms with van der Waals surface area (Å²) in [5.41, 5.74) is 0. The highest BCUT2D eigenvalue weighted by atomic mass is 14.8. The van der Waals surface area contributed by atoms with Crippen LogP contribution in [-0.4, -0.2) is 13.1 Å². The minimum absolute atomic E-state index is 0.997. The number of hydrogen-bond acceptors (Lipinski definition) is 1. The molecule has 1 N–H and O–H groups in total. The maximum Gasteiger partial charge on any atom is -0.00179 e. The standard InChI is InChI=1S/C17H31N/c1-2-18-12-17(14-5-3-4-6-14)11-16-10-13-7-8-15(16)9-13/h13-18H,2-12H2,1H3. The Labute approximate surface area is 113 Å². The van der Waals surface area contributed by atoms with E-state index < -0.39 is 0 Å². The van der Waals surface area contributed by atoms with Crippen LogP contribution in [0.3, 0.4) is 0 Å². The molecule has 18 heavy (non-hydrogen) atoms. The van der Waals surface area contributed by atoms with Gasteiger partial charge in [0.25, 0.3) is 0 Å². The summed E-state index contributed by atoms with van der Waals surface area (Å²) in [4.78, 5) is 0. The van der Waals surface area contributed by atoms with Crippen LogP contribution in [0.5, 0.6) is 0 Å². The van der Waals surface area contributed by atoms with E-state index in [2.05, 4.69) is 12.2 Å². The van der Waals surface area contributed by atoms with Crippen molar-refractivity contribution in [2.75, 3.05) is 13.1 Å². The van der Waals surface area contributed by atoms with E-state index in [1.165, 1.54) is 32.2 Å². The quantitative estimate of drug-likeness (QED) is 0.743. The second kappa shape index (κ2) is 5.94. The van der Waals surface area contributed by atoms with Crippen LogP contribution in [0.15, 0.2) is 0 Å². The Morgan fingerprint density at radius 1 is 1.06 bits per heavy atom. The lowest BCUT2D eigenvalue weighted by Gasteiger charge is -2.30. The van der Waals surface area contributed by atoms with Crippen LogP contribution in [0, 0.1) is 29.6 Å². The summed E-state index contributed by atoms with van der Waals surface area (Å²) in [5.74, 6) is 5.41. The lowest BCUT2D eigenvalue weighted by atomic mass is 9.77. The van der Waals surface area contributed by atoms with Gasteiger partial charge in [0.1, 0.15) is 0 Å². The number of hydrogen-bond donors (Lipinski definition) is 1. The van der Waals surface area contributed by atoms with Gasteiger partial charge in [-0.3, -0.25) is 0 Å². The van der Waals surface area contributed by atoms with Gasteiger partial charge in [0.2, 0.25) is 0 Å². The normalized spacial score (nSPS) is 37.5. The van der Waals surface area contributed by atoms with Gasteiger partial charge in [-0.15, -0.1) is 0 Å². The van der Waals surface area contributed by atoms with Crippen LogP contribution < -0.4 is 5.32 Å². The second-order valence-corrected chi connectivity index (χ2v) is 7.28. The van der Waals surface area contributed by atoms with Gasteiger partial charge in [-0.25, -0.2) is 0 Å². The van der Waals surface area contributed by atoms with Crippen LogP contribution in [0.25, 0.3) is 0 Å². The molecule has 0 amide bonds. The van der Waals surface area contributed by atoms with Crippen molar-refractivity contribution in [3.8, 4) is 0 Å². The molecule has 4 atom stereocenters. The molecule has 3 aliphatic rings. The van der Waals surface area contributed by atoms with Crippen LogP contribution >= 0.6 is 0 Å². The van der Waals surface area contributed by atoms with Gasteiger partial charge < -0.3 is 5.32 Å². The minimum Gasteiger partial charge on any atom is -0.317 e. The zero-order valence-corrected chi connectivity index (χ0v) is 12.2. The molecule has 0 aromatic heterocycles.